The summed E-state index contributed by atoms with van der Waals surface area (Å²) in [4.78, 5) is 12.5. The number of nitrogens with zero attached hydrogens (tertiary/aromatic N) is 2. The van der Waals surface area contributed by atoms with Crippen molar-refractivity contribution >= 4 is 44.8 Å². The second kappa shape index (κ2) is 8.61. The molecule has 1 fully saturated rings. The van der Waals surface area contributed by atoms with Crippen LogP contribution in [0.15, 0.2) is 52.5 Å². The lowest BCUT2D eigenvalue weighted by Crippen LogP contribution is -2.28. The van der Waals surface area contributed by atoms with E-state index in [4.69, 9.17) is 23.2 Å². The fraction of sp³-hybridized carbons (Fsp3) is 0.263. The maximum atomic E-state index is 12.7. The summed E-state index contributed by atoms with van der Waals surface area (Å²) in [5.41, 5.74) is 3.70. The molecule has 0 unspecified atom stereocenters. The smallest absolute Gasteiger partial charge is 0.267 e. The molecule has 3 rings (SSSR count). The van der Waals surface area contributed by atoms with Gasteiger partial charge < -0.3 is 0 Å². The third kappa shape index (κ3) is 4.55. The molecule has 1 heterocycles. The molecule has 1 aliphatic heterocycles. The summed E-state index contributed by atoms with van der Waals surface area (Å²) in [5, 5.41) is 5.01. The number of amides is 1. The van der Waals surface area contributed by atoms with Crippen LogP contribution in [-0.4, -0.2) is 37.4 Å². The summed E-state index contributed by atoms with van der Waals surface area (Å²) in [6.45, 7) is 2.69. The van der Waals surface area contributed by atoms with Gasteiger partial charge in [0, 0.05) is 34.3 Å². The lowest BCUT2D eigenvalue weighted by Gasteiger charge is -2.15. The van der Waals surface area contributed by atoms with Gasteiger partial charge in [0.25, 0.3) is 5.91 Å². The molecule has 1 N–H and O–H groups in total. The Kier molecular flexibility index (Phi) is 6.40. The number of carbonyl (C=O) groups is 1. The lowest BCUT2D eigenvalue weighted by atomic mass is 10.1. The van der Waals surface area contributed by atoms with Gasteiger partial charge in [-0.05, 0) is 56.2 Å². The van der Waals surface area contributed by atoms with E-state index in [1.807, 2.05) is 0 Å². The van der Waals surface area contributed by atoms with Crippen molar-refractivity contribution in [2.75, 3.05) is 13.1 Å². The molecule has 1 amide bonds. The Bertz CT molecular complexity index is 1030. The van der Waals surface area contributed by atoms with Crippen molar-refractivity contribution in [2.24, 2.45) is 5.10 Å². The number of halogens is 2. The van der Waals surface area contributed by atoms with Gasteiger partial charge in [-0.3, -0.25) is 4.79 Å². The molecule has 2 aromatic rings. The number of hydrogen-bond acceptors (Lipinski definition) is 4. The largest absolute Gasteiger partial charge is 0.271 e. The van der Waals surface area contributed by atoms with Crippen LogP contribution < -0.4 is 5.43 Å². The minimum Gasteiger partial charge on any atom is -0.267 e. The van der Waals surface area contributed by atoms with Gasteiger partial charge in [0.05, 0.1) is 10.6 Å². The molecular formula is C19H19Cl2N3O3S. The molecule has 0 aliphatic carbocycles. The monoisotopic (exact) mass is 439 g/mol. The zero-order chi connectivity index (χ0) is 20.3. The van der Waals surface area contributed by atoms with Gasteiger partial charge in [0.2, 0.25) is 10.0 Å². The molecule has 1 saturated heterocycles. The van der Waals surface area contributed by atoms with Gasteiger partial charge in [-0.2, -0.15) is 9.41 Å². The standard InChI is InChI=1S/C19H19Cl2N3O3S/c1-13(17-12-15(20)7-8-18(17)21)22-23-19(25)14-5-4-6-16(11-14)28(26,27)24-9-2-3-10-24/h4-8,11-12H,2-3,9-10H2,1H3,(H,23,25). The van der Waals surface area contributed by atoms with E-state index >= 15 is 0 Å². The summed E-state index contributed by atoms with van der Waals surface area (Å²) in [7, 11) is -3.59. The van der Waals surface area contributed by atoms with Crippen LogP contribution in [0.2, 0.25) is 10.0 Å². The van der Waals surface area contributed by atoms with Crippen molar-refractivity contribution in [2.45, 2.75) is 24.7 Å². The summed E-state index contributed by atoms with van der Waals surface area (Å²) >= 11 is 12.1. The molecule has 0 spiro atoms. The van der Waals surface area contributed by atoms with Crippen LogP contribution in [-0.2, 0) is 10.0 Å². The maximum absolute atomic E-state index is 12.7. The first kappa shape index (κ1) is 20.8. The van der Waals surface area contributed by atoms with E-state index in [0.717, 1.165) is 12.8 Å². The van der Waals surface area contributed by atoms with Crippen LogP contribution in [0, 0.1) is 0 Å². The summed E-state index contributed by atoms with van der Waals surface area (Å²) in [6.07, 6.45) is 1.69. The van der Waals surface area contributed by atoms with E-state index in [0.29, 0.717) is 34.4 Å². The highest BCUT2D eigenvalue weighted by atomic mass is 35.5. The van der Waals surface area contributed by atoms with E-state index < -0.39 is 15.9 Å². The highest BCUT2D eigenvalue weighted by molar-refractivity contribution is 7.89. The Balaban J connectivity index is 1.79. The molecular weight excluding hydrogens is 421 g/mol. The first-order chi connectivity index (χ1) is 13.3. The van der Waals surface area contributed by atoms with Gasteiger partial charge >= 0.3 is 0 Å². The molecule has 0 radical (unpaired) electrons. The number of rotatable bonds is 5. The van der Waals surface area contributed by atoms with Gasteiger partial charge in [0.1, 0.15) is 0 Å². The number of benzene rings is 2. The highest BCUT2D eigenvalue weighted by Crippen LogP contribution is 2.22. The maximum Gasteiger partial charge on any atom is 0.271 e. The van der Waals surface area contributed by atoms with Crippen LogP contribution in [0.3, 0.4) is 0 Å². The Labute approximate surface area is 174 Å². The van der Waals surface area contributed by atoms with Gasteiger partial charge in [-0.25, -0.2) is 13.8 Å². The Morgan fingerprint density at radius 2 is 1.82 bits per heavy atom. The van der Waals surface area contributed by atoms with Gasteiger partial charge in [0.15, 0.2) is 0 Å². The lowest BCUT2D eigenvalue weighted by molar-refractivity contribution is 0.0954. The molecule has 0 saturated carbocycles. The second-order valence-corrected chi connectivity index (χ2v) is 9.18. The summed E-state index contributed by atoms with van der Waals surface area (Å²) in [6, 6.07) is 10.9. The molecule has 9 heteroatoms. The van der Waals surface area contributed by atoms with Crippen LogP contribution in [0.4, 0.5) is 0 Å². The van der Waals surface area contributed by atoms with Crippen molar-refractivity contribution in [1.82, 2.24) is 9.73 Å². The number of carbonyl (C=O) groups excluding carboxylic acids is 1. The average molecular weight is 440 g/mol. The van der Waals surface area contributed by atoms with Crippen molar-refractivity contribution in [3.63, 3.8) is 0 Å². The molecule has 2 aromatic carbocycles. The van der Waals surface area contributed by atoms with E-state index in [9.17, 15) is 13.2 Å². The number of hydrogen-bond donors (Lipinski definition) is 1. The van der Waals surface area contributed by atoms with E-state index in [1.54, 1.807) is 31.2 Å². The second-order valence-electron chi connectivity index (χ2n) is 6.40. The quantitative estimate of drug-likeness (QED) is 0.565. The summed E-state index contributed by atoms with van der Waals surface area (Å²) in [5.74, 6) is -0.518. The van der Waals surface area contributed by atoms with Crippen molar-refractivity contribution in [3.05, 3.63) is 63.6 Å². The highest BCUT2D eigenvalue weighted by Gasteiger charge is 2.27. The third-order valence-corrected chi connectivity index (χ3v) is 6.90. The van der Waals surface area contributed by atoms with Gasteiger partial charge in [-0.1, -0.05) is 29.3 Å². The normalized spacial score (nSPS) is 15.6. The van der Waals surface area contributed by atoms with E-state index in [2.05, 4.69) is 10.5 Å². The molecule has 1 aliphatic rings. The van der Waals surface area contributed by atoms with Crippen LogP contribution in [0.1, 0.15) is 35.7 Å². The Morgan fingerprint density at radius 3 is 2.54 bits per heavy atom. The third-order valence-electron chi connectivity index (χ3n) is 4.44. The first-order valence-electron chi connectivity index (χ1n) is 8.69. The molecule has 0 bridgehead atoms. The van der Waals surface area contributed by atoms with Crippen LogP contribution in [0.25, 0.3) is 0 Å². The first-order valence-corrected chi connectivity index (χ1v) is 10.9. The SMILES string of the molecule is CC(=NNC(=O)c1cccc(S(=O)(=O)N2CCCC2)c1)c1cc(Cl)ccc1Cl. The van der Waals surface area contributed by atoms with Gasteiger partial charge in [-0.15, -0.1) is 0 Å². The zero-order valence-corrected chi connectivity index (χ0v) is 17.5. The van der Waals surface area contributed by atoms with Crippen molar-refractivity contribution < 1.29 is 13.2 Å². The Hall–Kier alpha value is -1.93. The molecule has 0 aromatic heterocycles. The van der Waals surface area contributed by atoms with Crippen LogP contribution >= 0.6 is 23.2 Å². The minimum atomic E-state index is -3.59. The fourth-order valence-corrected chi connectivity index (χ4v) is 4.90. The number of sulfonamides is 1. The number of hydrazone groups is 1. The van der Waals surface area contributed by atoms with E-state index in [1.165, 1.54) is 22.5 Å². The average Bonchev–Trinajstić information content (AvgIpc) is 3.23. The fourth-order valence-electron chi connectivity index (χ4n) is 2.91. The molecule has 28 heavy (non-hydrogen) atoms. The van der Waals surface area contributed by atoms with Crippen molar-refractivity contribution in [3.8, 4) is 0 Å². The summed E-state index contributed by atoms with van der Waals surface area (Å²) < 4.78 is 26.8. The minimum absolute atomic E-state index is 0.0978. The number of nitrogens with one attached hydrogen (secondary N) is 1. The molecule has 0 atom stereocenters. The van der Waals surface area contributed by atoms with E-state index in [-0.39, 0.29) is 10.5 Å². The molecule has 148 valence electrons. The van der Waals surface area contributed by atoms with Crippen LogP contribution in [0.5, 0.6) is 0 Å². The zero-order valence-electron chi connectivity index (χ0n) is 15.2. The predicted molar refractivity (Wildman–Crippen MR) is 111 cm³/mol. The van der Waals surface area contributed by atoms with Crippen molar-refractivity contribution in [1.29, 1.82) is 0 Å². The Morgan fingerprint density at radius 1 is 1.11 bits per heavy atom. The topological polar surface area (TPSA) is 78.8 Å². The predicted octanol–water partition coefficient (Wildman–Crippen LogP) is 3.93. The molecule has 6 nitrogen and oxygen atoms in total.